The van der Waals surface area contributed by atoms with Gasteiger partial charge in [0.05, 0.1) is 15.2 Å². The number of piperidine rings is 1. The zero-order valence-electron chi connectivity index (χ0n) is 13.7. The third-order valence-corrected chi connectivity index (χ3v) is 5.87. The Kier molecular flexibility index (Phi) is 4.07. The number of aryl methyl sites for hydroxylation is 1. The van der Waals surface area contributed by atoms with Crippen molar-refractivity contribution in [2.24, 2.45) is 0 Å². The summed E-state index contributed by atoms with van der Waals surface area (Å²) in [6, 6.07) is 16.1. The minimum absolute atomic E-state index is 0.140. The van der Waals surface area contributed by atoms with Gasteiger partial charge in [0, 0.05) is 24.6 Å². The number of thiazole rings is 1. The molecule has 0 bridgehead atoms. The summed E-state index contributed by atoms with van der Waals surface area (Å²) in [5, 5.41) is 1.16. The Labute approximate surface area is 146 Å². The van der Waals surface area contributed by atoms with E-state index in [4.69, 9.17) is 4.98 Å². The van der Waals surface area contributed by atoms with Crippen LogP contribution < -0.4 is 0 Å². The highest BCUT2D eigenvalue weighted by Gasteiger charge is 2.27. The number of carbonyl (C=O) groups excluding carboxylic acids is 1. The van der Waals surface area contributed by atoms with E-state index >= 15 is 0 Å². The Morgan fingerprint density at radius 2 is 1.96 bits per heavy atom. The van der Waals surface area contributed by atoms with E-state index < -0.39 is 0 Å². The number of benzene rings is 2. The van der Waals surface area contributed by atoms with E-state index in [1.54, 1.807) is 11.3 Å². The second-order valence-electron chi connectivity index (χ2n) is 6.48. The molecule has 1 aliphatic rings. The van der Waals surface area contributed by atoms with Gasteiger partial charge in [0.15, 0.2) is 0 Å². The average Bonchev–Trinajstić information content (AvgIpc) is 3.06. The van der Waals surface area contributed by atoms with Gasteiger partial charge in [-0.3, -0.25) is 4.79 Å². The maximum Gasteiger partial charge on any atom is 0.253 e. The van der Waals surface area contributed by atoms with Gasteiger partial charge in [-0.05, 0) is 44.0 Å². The van der Waals surface area contributed by atoms with Crippen molar-refractivity contribution in [2.75, 3.05) is 13.1 Å². The number of likely N-dealkylation sites (tertiary alicyclic amines) is 1. The molecule has 2 aromatic carbocycles. The molecule has 4 heteroatoms. The fourth-order valence-electron chi connectivity index (χ4n) is 3.31. The average molecular weight is 336 g/mol. The van der Waals surface area contributed by atoms with Crippen LogP contribution in [-0.4, -0.2) is 28.9 Å². The maximum absolute atomic E-state index is 12.8. The molecule has 0 aliphatic carbocycles. The van der Waals surface area contributed by atoms with Crippen LogP contribution in [-0.2, 0) is 0 Å². The van der Waals surface area contributed by atoms with Crippen molar-refractivity contribution >= 4 is 27.5 Å². The second-order valence-corrected chi connectivity index (χ2v) is 7.54. The Balaban J connectivity index is 1.54. The van der Waals surface area contributed by atoms with Crippen LogP contribution in [0.5, 0.6) is 0 Å². The molecule has 1 amide bonds. The highest BCUT2D eigenvalue weighted by molar-refractivity contribution is 7.18. The van der Waals surface area contributed by atoms with Crippen molar-refractivity contribution < 1.29 is 4.79 Å². The number of hydrogen-bond acceptors (Lipinski definition) is 3. The van der Waals surface area contributed by atoms with Crippen LogP contribution in [0.4, 0.5) is 0 Å². The van der Waals surface area contributed by atoms with Crippen LogP contribution in [0.15, 0.2) is 48.5 Å². The normalized spacial score (nSPS) is 18.0. The minimum Gasteiger partial charge on any atom is -0.338 e. The molecule has 4 rings (SSSR count). The number of nitrogens with zero attached hydrogens (tertiary/aromatic N) is 2. The van der Waals surface area contributed by atoms with E-state index in [2.05, 4.69) is 18.2 Å². The van der Waals surface area contributed by atoms with Crippen molar-refractivity contribution in [3.05, 3.63) is 64.7 Å². The van der Waals surface area contributed by atoms with E-state index in [0.29, 0.717) is 5.92 Å². The number of rotatable bonds is 2. The van der Waals surface area contributed by atoms with Gasteiger partial charge in [-0.1, -0.05) is 29.8 Å². The zero-order chi connectivity index (χ0) is 16.5. The second kappa shape index (κ2) is 6.36. The van der Waals surface area contributed by atoms with E-state index in [9.17, 15) is 4.79 Å². The van der Waals surface area contributed by atoms with Crippen molar-refractivity contribution in [3.63, 3.8) is 0 Å². The largest absolute Gasteiger partial charge is 0.338 e. The zero-order valence-corrected chi connectivity index (χ0v) is 14.6. The van der Waals surface area contributed by atoms with Crippen LogP contribution >= 0.6 is 11.3 Å². The summed E-state index contributed by atoms with van der Waals surface area (Å²) in [4.78, 5) is 19.6. The molecule has 0 spiro atoms. The molecule has 1 aromatic heterocycles. The van der Waals surface area contributed by atoms with E-state index in [0.717, 1.165) is 42.0 Å². The van der Waals surface area contributed by atoms with Gasteiger partial charge in [-0.25, -0.2) is 4.98 Å². The van der Waals surface area contributed by atoms with Crippen molar-refractivity contribution in [1.29, 1.82) is 0 Å². The molecule has 1 atom stereocenters. The lowest BCUT2D eigenvalue weighted by Crippen LogP contribution is -2.39. The number of carbonyl (C=O) groups is 1. The first kappa shape index (κ1) is 15.3. The molecule has 122 valence electrons. The molecule has 0 N–H and O–H groups in total. The summed E-state index contributed by atoms with van der Waals surface area (Å²) in [7, 11) is 0. The Morgan fingerprint density at radius 3 is 2.75 bits per heavy atom. The summed E-state index contributed by atoms with van der Waals surface area (Å²) in [5.74, 6) is 0.492. The predicted octanol–water partition coefficient (Wildman–Crippen LogP) is 4.62. The molecule has 1 saturated heterocycles. The van der Waals surface area contributed by atoms with Crippen molar-refractivity contribution in [2.45, 2.75) is 25.7 Å². The van der Waals surface area contributed by atoms with Gasteiger partial charge in [-0.2, -0.15) is 0 Å². The molecule has 1 aliphatic heterocycles. The first-order chi connectivity index (χ1) is 11.7. The lowest BCUT2D eigenvalue weighted by Gasteiger charge is -2.32. The smallest absolute Gasteiger partial charge is 0.253 e. The lowest BCUT2D eigenvalue weighted by molar-refractivity contribution is 0.0707. The van der Waals surface area contributed by atoms with Crippen LogP contribution in [0.25, 0.3) is 10.2 Å². The van der Waals surface area contributed by atoms with Crippen LogP contribution in [0.1, 0.15) is 39.7 Å². The standard InChI is InChI=1S/C20H20N2OS/c1-14-8-10-15(11-9-14)20(23)22-12-4-5-16(13-22)19-21-17-6-2-3-7-18(17)24-19/h2-3,6-11,16H,4-5,12-13H2,1H3/t16-/m1/s1. The molecule has 2 heterocycles. The molecular weight excluding hydrogens is 316 g/mol. The minimum atomic E-state index is 0.140. The van der Waals surface area contributed by atoms with Gasteiger partial charge in [0.1, 0.15) is 0 Å². The monoisotopic (exact) mass is 336 g/mol. The Bertz CT molecular complexity index is 836. The Hall–Kier alpha value is -2.20. The van der Waals surface area contributed by atoms with E-state index in [-0.39, 0.29) is 5.91 Å². The van der Waals surface area contributed by atoms with Crippen LogP contribution in [0.3, 0.4) is 0 Å². The van der Waals surface area contributed by atoms with E-state index in [1.807, 2.05) is 42.2 Å². The predicted molar refractivity (Wildman–Crippen MR) is 98.7 cm³/mol. The molecule has 0 saturated carbocycles. The number of fused-ring (bicyclic) bond motifs is 1. The van der Waals surface area contributed by atoms with Gasteiger partial charge in [0.25, 0.3) is 5.91 Å². The molecule has 3 aromatic rings. The highest BCUT2D eigenvalue weighted by Crippen LogP contribution is 2.33. The topological polar surface area (TPSA) is 33.2 Å². The molecule has 3 nitrogen and oxygen atoms in total. The number of para-hydroxylation sites is 1. The van der Waals surface area contributed by atoms with E-state index in [1.165, 1.54) is 10.3 Å². The third-order valence-electron chi connectivity index (χ3n) is 4.67. The summed E-state index contributed by atoms with van der Waals surface area (Å²) in [6.07, 6.45) is 2.15. The third kappa shape index (κ3) is 2.94. The molecule has 0 unspecified atom stereocenters. The maximum atomic E-state index is 12.8. The summed E-state index contributed by atoms with van der Waals surface area (Å²) in [6.45, 7) is 3.65. The molecule has 0 radical (unpaired) electrons. The van der Waals surface area contributed by atoms with Crippen molar-refractivity contribution in [1.82, 2.24) is 9.88 Å². The number of hydrogen-bond donors (Lipinski definition) is 0. The first-order valence-electron chi connectivity index (χ1n) is 8.42. The summed E-state index contributed by atoms with van der Waals surface area (Å²) in [5.41, 5.74) is 3.03. The molecule has 24 heavy (non-hydrogen) atoms. The lowest BCUT2D eigenvalue weighted by atomic mass is 9.98. The summed E-state index contributed by atoms with van der Waals surface area (Å²) < 4.78 is 1.23. The van der Waals surface area contributed by atoms with Gasteiger partial charge >= 0.3 is 0 Å². The fraction of sp³-hybridized carbons (Fsp3) is 0.300. The van der Waals surface area contributed by atoms with Crippen molar-refractivity contribution in [3.8, 4) is 0 Å². The quantitative estimate of drug-likeness (QED) is 0.684. The summed E-state index contributed by atoms with van der Waals surface area (Å²) >= 11 is 1.77. The SMILES string of the molecule is Cc1ccc(C(=O)N2CCC[C@@H](c3nc4ccccc4s3)C2)cc1. The van der Waals surface area contributed by atoms with Gasteiger partial charge in [-0.15, -0.1) is 11.3 Å². The van der Waals surface area contributed by atoms with Gasteiger partial charge < -0.3 is 4.90 Å². The molecule has 1 fully saturated rings. The van der Waals surface area contributed by atoms with Gasteiger partial charge in [0.2, 0.25) is 0 Å². The van der Waals surface area contributed by atoms with Crippen LogP contribution in [0.2, 0.25) is 0 Å². The number of aromatic nitrogens is 1. The van der Waals surface area contributed by atoms with Crippen LogP contribution in [0, 0.1) is 6.92 Å². The first-order valence-corrected chi connectivity index (χ1v) is 9.24. The Morgan fingerprint density at radius 1 is 1.17 bits per heavy atom. The number of amides is 1. The highest BCUT2D eigenvalue weighted by atomic mass is 32.1. The fourth-order valence-corrected chi connectivity index (χ4v) is 4.40. The molecular formula is C20H20N2OS.